The van der Waals surface area contributed by atoms with Crippen molar-refractivity contribution >= 4 is 0 Å². The Bertz CT molecular complexity index is 268. The van der Waals surface area contributed by atoms with Gasteiger partial charge in [0.25, 0.3) is 0 Å². The van der Waals surface area contributed by atoms with Crippen molar-refractivity contribution in [2.24, 2.45) is 5.92 Å². The Kier molecular flexibility index (Phi) is 2.36. The van der Waals surface area contributed by atoms with Crippen LogP contribution in [0, 0.1) is 5.92 Å². The minimum Gasteiger partial charge on any atom is -0.296 e. The third kappa shape index (κ3) is 1.75. The summed E-state index contributed by atoms with van der Waals surface area (Å²) in [5, 5.41) is 0. The summed E-state index contributed by atoms with van der Waals surface area (Å²) in [4.78, 5) is 2.53. The van der Waals surface area contributed by atoms with Crippen LogP contribution < -0.4 is 0 Å². The summed E-state index contributed by atoms with van der Waals surface area (Å²) in [5.74, 6) is 0.878. The van der Waals surface area contributed by atoms with Crippen LogP contribution in [0.5, 0.6) is 0 Å². The van der Waals surface area contributed by atoms with Gasteiger partial charge in [-0.2, -0.15) is 0 Å². The molecule has 0 N–H and O–H groups in total. The summed E-state index contributed by atoms with van der Waals surface area (Å²) >= 11 is 0. The van der Waals surface area contributed by atoms with Crippen LogP contribution in [0.1, 0.15) is 19.4 Å². The van der Waals surface area contributed by atoms with Gasteiger partial charge in [-0.25, -0.2) is 0 Å². The van der Waals surface area contributed by atoms with Gasteiger partial charge in [0.15, 0.2) is 0 Å². The van der Waals surface area contributed by atoms with Gasteiger partial charge in [0.1, 0.15) is 0 Å². The van der Waals surface area contributed by atoms with E-state index < -0.39 is 0 Å². The molecule has 1 aliphatic heterocycles. The Morgan fingerprint density at radius 3 is 2.46 bits per heavy atom. The van der Waals surface area contributed by atoms with Crippen molar-refractivity contribution in [3.05, 3.63) is 35.9 Å². The molecule has 1 fully saturated rings. The maximum absolute atomic E-state index is 2.53. The number of rotatable bonds is 2. The Hall–Kier alpha value is -0.820. The standard InChI is InChI=1S/C12H17N/c1-10-8-13(11(10)2)9-12-6-4-3-5-7-12/h3-7,10-11H,8-9H2,1-2H3/t10-,11?/m0/s1. The molecule has 0 aromatic heterocycles. The molecule has 1 heteroatoms. The minimum absolute atomic E-state index is 0.764. The molecule has 2 atom stereocenters. The van der Waals surface area contributed by atoms with Crippen LogP contribution in [0.15, 0.2) is 30.3 Å². The van der Waals surface area contributed by atoms with Crippen molar-refractivity contribution in [3.8, 4) is 0 Å². The number of benzene rings is 1. The molecule has 1 aromatic rings. The molecule has 0 saturated carbocycles. The Balaban J connectivity index is 1.93. The molecule has 0 aliphatic carbocycles. The lowest BCUT2D eigenvalue weighted by Crippen LogP contribution is -2.52. The average molecular weight is 175 g/mol. The van der Waals surface area contributed by atoms with Crippen LogP contribution in [-0.2, 0) is 6.54 Å². The largest absolute Gasteiger partial charge is 0.296 e. The van der Waals surface area contributed by atoms with E-state index in [1.54, 1.807) is 0 Å². The first-order valence-corrected chi connectivity index (χ1v) is 5.05. The SMILES string of the molecule is CC1[C@@H](C)CN1Cc1ccccc1. The van der Waals surface area contributed by atoms with E-state index in [-0.39, 0.29) is 0 Å². The fourth-order valence-electron chi connectivity index (χ4n) is 1.94. The van der Waals surface area contributed by atoms with Crippen molar-refractivity contribution in [1.29, 1.82) is 0 Å². The van der Waals surface area contributed by atoms with Crippen LogP contribution in [0.3, 0.4) is 0 Å². The van der Waals surface area contributed by atoms with E-state index in [2.05, 4.69) is 49.1 Å². The Morgan fingerprint density at radius 2 is 1.92 bits per heavy atom. The van der Waals surface area contributed by atoms with Crippen LogP contribution in [0.25, 0.3) is 0 Å². The van der Waals surface area contributed by atoms with Gasteiger partial charge in [0.2, 0.25) is 0 Å². The van der Waals surface area contributed by atoms with E-state index in [1.165, 1.54) is 12.1 Å². The molecule has 1 heterocycles. The maximum Gasteiger partial charge on any atom is 0.0236 e. The normalized spacial score (nSPS) is 28.5. The first-order valence-electron chi connectivity index (χ1n) is 5.05. The van der Waals surface area contributed by atoms with Crippen LogP contribution >= 0.6 is 0 Å². The van der Waals surface area contributed by atoms with Gasteiger partial charge >= 0.3 is 0 Å². The Labute approximate surface area is 80.4 Å². The fraction of sp³-hybridized carbons (Fsp3) is 0.500. The summed E-state index contributed by atoms with van der Waals surface area (Å²) < 4.78 is 0. The highest BCUT2D eigenvalue weighted by Crippen LogP contribution is 2.25. The molecule has 1 aromatic carbocycles. The van der Waals surface area contributed by atoms with E-state index >= 15 is 0 Å². The third-order valence-electron chi connectivity index (χ3n) is 3.15. The fourth-order valence-corrected chi connectivity index (χ4v) is 1.94. The smallest absolute Gasteiger partial charge is 0.0236 e. The van der Waals surface area contributed by atoms with Crippen molar-refractivity contribution in [3.63, 3.8) is 0 Å². The number of hydrogen-bond acceptors (Lipinski definition) is 1. The molecule has 1 aliphatic rings. The summed E-state index contributed by atoms with van der Waals surface area (Å²) in [7, 11) is 0. The summed E-state index contributed by atoms with van der Waals surface area (Å²) in [5.41, 5.74) is 1.43. The van der Waals surface area contributed by atoms with E-state index in [0.29, 0.717) is 0 Å². The van der Waals surface area contributed by atoms with Crippen molar-refractivity contribution < 1.29 is 0 Å². The second-order valence-corrected chi connectivity index (χ2v) is 4.13. The summed E-state index contributed by atoms with van der Waals surface area (Å²) in [6, 6.07) is 11.5. The van der Waals surface area contributed by atoms with Gasteiger partial charge in [-0.1, -0.05) is 37.3 Å². The highest BCUT2D eigenvalue weighted by atomic mass is 15.2. The molecule has 0 radical (unpaired) electrons. The van der Waals surface area contributed by atoms with Gasteiger partial charge < -0.3 is 0 Å². The van der Waals surface area contributed by atoms with E-state index in [0.717, 1.165) is 18.5 Å². The molecule has 13 heavy (non-hydrogen) atoms. The zero-order chi connectivity index (χ0) is 9.26. The first-order chi connectivity index (χ1) is 6.27. The van der Waals surface area contributed by atoms with Gasteiger partial charge in [-0.05, 0) is 18.4 Å². The van der Waals surface area contributed by atoms with Gasteiger partial charge in [-0.3, -0.25) is 4.90 Å². The summed E-state index contributed by atoms with van der Waals surface area (Å²) in [6.45, 7) is 7.02. The highest BCUT2D eigenvalue weighted by Gasteiger charge is 2.30. The zero-order valence-corrected chi connectivity index (χ0v) is 8.40. The number of likely N-dealkylation sites (tertiary alicyclic amines) is 1. The van der Waals surface area contributed by atoms with E-state index in [4.69, 9.17) is 0 Å². The van der Waals surface area contributed by atoms with E-state index in [1.807, 2.05) is 0 Å². The lowest BCUT2D eigenvalue weighted by Gasteiger charge is -2.44. The maximum atomic E-state index is 2.53. The molecule has 70 valence electrons. The third-order valence-corrected chi connectivity index (χ3v) is 3.15. The van der Waals surface area contributed by atoms with Gasteiger partial charge in [0, 0.05) is 19.1 Å². The van der Waals surface area contributed by atoms with E-state index in [9.17, 15) is 0 Å². The number of nitrogens with zero attached hydrogens (tertiary/aromatic N) is 1. The van der Waals surface area contributed by atoms with Crippen LogP contribution in [0.4, 0.5) is 0 Å². The second-order valence-electron chi connectivity index (χ2n) is 4.13. The van der Waals surface area contributed by atoms with Crippen LogP contribution in [0.2, 0.25) is 0 Å². The molecular formula is C12H17N. The van der Waals surface area contributed by atoms with Crippen LogP contribution in [-0.4, -0.2) is 17.5 Å². The van der Waals surface area contributed by atoms with Gasteiger partial charge in [-0.15, -0.1) is 0 Å². The zero-order valence-electron chi connectivity index (χ0n) is 8.40. The molecule has 1 saturated heterocycles. The number of hydrogen-bond donors (Lipinski definition) is 0. The topological polar surface area (TPSA) is 3.24 Å². The highest BCUT2D eigenvalue weighted by molar-refractivity contribution is 5.15. The quantitative estimate of drug-likeness (QED) is 0.667. The predicted molar refractivity (Wildman–Crippen MR) is 55.5 cm³/mol. The molecule has 0 amide bonds. The predicted octanol–water partition coefficient (Wildman–Crippen LogP) is 2.53. The van der Waals surface area contributed by atoms with Crippen molar-refractivity contribution in [1.82, 2.24) is 4.90 Å². The molecule has 0 spiro atoms. The lowest BCUT2D eigenvalue weighted by atomic mass is 9.91. The molecular weight excluding hydrogens is 158 g/mol. The monoisotopic (exact) mass is 175 g/mol. The molecule has 1 unspecified atom stereocenters. The van der Waals surface area contributed by atoms with Crippen molar-refractivity contribution in [2.75, 3.05) is 6.54 Å². The minimum atomic E-state index is 0.764. The molecule has 2 rings (SSSR count). The molecule has 0 bridgehead atoms. The first kappa shape index (κ1) is 8.76. The Morgan fingerprint density at radius 1 is 1.23 bits per heavy atom. The summed E-state index contributed by atoms with van der Waals surface area (Å²) in [6.07, 6.45) is 0. The lowest BCUT2D eigenvalue weighted by molar-refractivity contribution is 0.0306. The average Bonchev–Trinajstić information content (AvgIpc) is 2.19. The van der Waals surface area contributed by atoms with Gasteiger partial charge in [0.05, 0.1) is 0 Å². The molecule has 1 nitrogen and oxygen atoms in total. The second kappa shape index (κ2) is 3.51. The van der Waals surface area contributed by atoms with Crippen molar-refractivity contribution in [2.45, 2.75) is 26.4 Å².